The van der Waals surface area contributed by atoms with Crippen molar-refractivity contribution in [2.24, 2.45) is 0 Å². The van der Waals surface area contributed by atoms with Crippen molar-refractivity contribution in [1.82, 2.24) is 14.9 Å². The van der Waals surface area contributed by atoms with Crippen LogP contribution in [0, 0.1) is 6.92 Å². The average Bonchev–Trinajstić information content (AvgIpc) is 3.09. The molecule has 1 fully saturated rings. The Bertz CT molecular complexity index is 681. The van der Waals surface area contributed by atoms with Crippen molar-refractivity contribution in [2.75, 3.05) is 18.4 Å². The third-order valence-corrected chi connectivity index (χ3v) is 4.11. The van der Waals surface area contributed by atoms with Crippen LogP contribution < -0.4 is 5.32 Å². The van der Waals surface area contributed by atoms with Crippen LogP contribution in [0.15, 0.2) is 36.4 Å². The first kappa shape index (κ1) is 15.5. The van der Waals surface area contributed by atoms with Gasteiger partial charge in [-0.2, -0.15) is 0 Å². The normalized spacial score (nSPS) is 15.5. The van der Waals surface area contributed by atoms with Crippen LogP contribution >= 0.6 is 0 Å². The molecule has 0 saturated carbocycles. The molecule has 120 valence electrons. The number of likely N-dealkylation sites (tertiary alicyclic amines) is 1. The lowest BCUT2D eigenvalue weighted by Gasteiger charge is -2.17. The Balaban J connectivity index is 1.78. The van der Waals surface area contributed by atoms with Crippen molar-refractivity contribution in [3.05, 3.63) is 53.3 Å². The van der Waals surface area contributed by atoms with Gasteiger partial charge >= 0.3 is 0 Å². The number of hydrogen-bond acceptors (Lipinski definition) is 4. The van der Waals surface area contributed by atoms with Crippen LogP contribution in [0.5, 0.6) is 0 Å². The molecule has 5 heteroatoms. The number of carbonyl (C=O) groups is 1. The fourth-order valence-corrected chi connectivity index (χ4v) is 2.84. The Kier molecular flexibility index (Phi) is 4.55. The molecule has 1 saturated heterocycles. The molecule has 0 radical (unpaired) electrons. The van der Waals surface area contributed by atoms with Crippen LogP contribution in [0.4, 0.5) is 5.95 Å². The van der Waals surface area contributed by atoms with Gasteiger partial charge in [-0.25, -0.2) is 9.97 Å². The van der Waals surface area contributed by atoms with Crippen LogP contribution in [0.3, 0.4) is 0 Å². The molecule has 3 rings (SSSR count). The highest BCUT2D eigenvalue weighted by atomic mass is 16.2. The maximum atomic E-state index is 12.5. The second kappa shape index (κ2) is 6.77. The van der Waals surface area contributed by atoms with Crippen LogP contribution in [0.1, 0.15) is 47.6 Å². The van der Waals surface area contributed by atoms with Crippen molar-refractivity contribution in [3.63, 3.8) is 0 Å². The molecule has 2 heterocycles. The van der Waals surface area contributed by atoms with Gasteiger partial charge in [-0.05, 0) is 38.3 Å². The number of hydrogen-bond donors (Lipinski definition) is 1. The number of aromatic nitrogens is 2. The molecular formula is C18H22N4O. The van der Waals surface area contributed by atoms with Gasteiger partial charge in [-0.3, -0.25) is 4.79 Å². The van der Waals surface area contributed by atoms with E-state index in [1.165, 1.54) is 0 Å². The first-order chi connectivity index (χ1) is 11.1. The molecule has 5 nitrogen and oxygen atoms in total. The number of amides is 1. The minimum Gasteiger partial charge on any atom is -0.348 e. The third-order valence-electron chi connectivity index (χ3n) is 4.11. The van der Waals surface area contributed by atoms with Crippen molar-refractivity contribution in [2.45, 2.75) is 32.7 Å². The number of carbonyl (C=O) groups excluding carboxylic acids is 1. The number of nitrogens with zero attached hydrogens (tertiary/aromatic N) is 3. The maximum absolute atomic E-state index is 12.5. The summed E-state index contributed by atoms with van der Waals surface area (Å²) in [6.07, 6.45) is 2.15. The first-order valence-electron chi connectivity index (χ1n) is 8.10. The standard InChI is InChI=1S/C18H22N4O/c1-13-12-16(17(23)22-10-6-7-11-22)21-18(19-13)20-14(2)15-8-4-3-5-9-15/h3-5,8-9,12,14H,6-7,10-11H2,1-2H3,(H,19,20,21). The van der Waals surface area contributed by atoms with Gasteiger partial charge < -0.3 is 10.2 Å². The largest absolute Gasteiger partial charge is 0.348 e. The highest BCUT2D eigenvalue weighted by Gasteiger charge is 2.21. The lowest BCUT2D eigenvalue weighted by Crippen LogP contribution is -2.29. The molecule has 1 aromatic carbocycles. The molecule has 1 unspecified atom stereocenters. The molecular weight excluding hydrogens is 288 g/mol. The summed E-state index contributed by atoms with van der Waals surface area (Å²) in [5.41, 5.74) is 2.43. The predicted octanol–water partition coefficient (Wildman–Crippen LogP) is 3.19. The van der Waals surface area contributed by atoms with E-state index in [1.54, 1.807) is 6.07 Å². The van der Waals surface area contributed by atoms with Crippen molar-refractivity contribution < 1.29 is 4.79 Å². The highest BCUT2D eigenvalue weighted by Crippen LogP contribution is 2.18. The van der Waals surface area contributed by atoms with Crippen LogP contribution in [-0.4, -0.2) is 33.9 Å². The molecule has 0 bridgehead atoms. The zero-order valence-corrected chi connectivity index (χ0v) is 13.6. The Morgan fingerprint density at radius 2 is 1.87 bits per heavy atom. The van der Waals surface area contributed by atoms with E-state index in [0.29, 0.717) is 11.6 Å². The van der Waals surface area contributed by atoms with Gasteiger partial charge in [-0.1, -0.05) is 30.3 Å². The van der Waals surface area contributed by atoms with Gasteiger partial charge in [0.2, 0.25) is 5.95 Å². The summed E-state index contributed by atoms with van der Waals surface area (Å²) >= 11 is 0. The molecule has 1 aromatic heterocycles. The lowest BCUT2D eigenvalue weighted by molar-refractivity contribution is 0.0787. The fourth-order valence-electron chi connectivity index (χ4n) is 2.84. The van der Waals surface area contributed by atoms with Gasteiger partial charge in [0.15, 0.2) is 0 Å². The summed E-state index contributed by atoms with van der Waals surface area (Å²) in [6, 6.07) is 12.0. The molecule has 1 aliphatic heterocycles. The molecule has 0 aliphatic carbocycles. The Morgan fingerprint density at radius 3 is 2.57 bits per heavy atom. The number of aryl methyl sites for hydroxylation is 1. The van der Waals surface area contributed by atoms with Gasteiger partial charge in [0, 0.05) is 18.8 Å². The second-order valence-corrected chi connectivity index (χ2v) is 5.99. The predicted molar refractivity (Wildman–Crippen MR) is 90.4 cm³/mol. The number of rotatable bonds is 4. The zero-order valence-electron chi connectivity index (χ0n) is 13.6. The number of nitrogens with one attached hydrogen (secondary N) is 1. The van der Waals surface area contributed by atoms with Crippen LogP contribution in [0.2, 0.25) is 0 Å². The summed E-state index contributed by atoms with van der Waals surface area (Å²) < 4.78 is 0. The van der Waals surface area contributed by atoms with E-state index < -0.39 is 0 Å². The topological polar surface area (TPSA) is 58.1 Å². The maximum Gasteiger partial charge on any atom is 0.272 e. The number of benzene rings is 1. The van der Waals surface area contributed by atoms with E-state index in [-0.39, 0.29) is 11.9 Å². The first-order valence-corrected chi connectivity index (χ1v) is 8.10. The van der Waals surface area contributed by atoms with Gasteiger partial charge in [0.05, 0.1) is 6.04 Å². The quantitative estimate of drug-likeness (QED) is 0.942. The van der Waals surface area contributed by atoms with Gasteiger partial charge in [-0.15, -0.1) is 0 Å². The summed E-state index contributed by atoms with van der Waals surface area (Å²) in [5, 5.41) is 3.29. The second-order valence-electron chi connectivity index (χ2n) is 5.99. The molecule has 1 aliphatic rings. The SMILES string of the molecule is Cc1cc(C(=O)N2CCCC2)nc(NC(C)c2ccccc2)n1. The van der Waals surface area contributed by atoms with Crippen molar-refractivity contribution >= 4 is 11.9 Å². The minimum absolute atomic E-state index is 0.00316. The number of anilines is 1. The van der Waals surface area contributed by atoms with E-state index in [1.807, 2.05) is 30.0 Å². The Morgan fingerprint density at radius 1 is 1.17 bits per heavy atom. The molecule has 2 aromatic rings. The Hall–Kier alpha value is -2.43. The lowest BCUT2D eigenvalue weighted by atomic mass is 10.1. The van der Waals surface area contributed by atoms with E-state index >= 15 is 0 Å². The molecule has 1 atom stereocenters. The van der Waals surface area contributed by atoms with Crippen LogP contribution in [0.25, 0.3) is 0 Å². The van der Waals surface area contributed by atoms with E-state index in [0.717, 1.165) is 37.2 Å². The van der Waals surface area contributed by atoms with Crippen LogP contribution in [-0.2, 0) is 0 Å². The monoisotopic (exact) mass is 310 g/mol. The highest BCUT2D eigenvalue weighted by molar-refractivity contribution is 5.92. The third kappa shape index (κ3) is 3.67. The van der Waals surface area contributed by atoms with Crippen molar-refractivity contribution in [1.29, 1.82) is 0 Å². The molecule has 0 spiro atoms. The fraction of sp³-hybridized carbons (Fsp3) is 0.389. The zero-order chi connectivity index (χ0) is 16.2. The van der Waals surface area contributed by atoms with E-state index in [9.17, 15) is 4.79 Å². The van der Waals surface area contributed by atoms with E-state index in [2.05, 4.69) is 34.3 Å². The smallest absolute Gasteiger partial charge is 0.272 e. The van der Waals surface area contributed by atoms with Gasteiger partial charge in [0.25, 0.3) is 5.91 Å². The summed E-state index contributed by atoms with van der Waals surface area (Å²) in [7, 11) is 0. The summed E-state index contributed by atoms with van der Waals surface area (Å²) in [6.45, 7) is 5.60. The summed E-state index contributed by atoms with van der Waals surface area (Å²) in [4.78, 5) is 23.2. The molecule has 1 amide bonds. The van der Waals surface area contributed by atoms with Gasteiger partial charge in [0.1, 0.15) is 5.69 Å². The van der Waals surface area contributed by atoms with E-state index in [4.69, 9.17) is 0 Å². The van der Waals surface area contributed by atoms with Crippen molar-refractivity contribution in [3.8, 4) is 0 Å². The molecule has 1 N–H and O–H groups in total. The average molecular weight is 310 g/mol. The summed E-state index contributed by atoms with van der Waals surface area (Å²) in [5.74, 6) is 0.507. The Labute approximate surface area is 136 Å². The molecule has 23 heavy (non-hydrogen) atoms. The minimum atomic E-state index is 0.00316.